The van der Waals surface area contributed by atoms with Crippen molar-refractivity contribution in [1.29, 1.82) is 0 Å². The van der Waals surface area contributed by atoms with E-state index in [9.17, 15) is 15.0 Å². The van der Waals surface area contributed by atoms with Crippen LogP contribution in [-0.4, -0.2) is 52.3 Å². The molecule has 0 saturated carbocycles. The zero-order chi connectivity index (χ0) is 28.5. The van der Waals surface area contributed by atoms with Crippen molar-refractivity contribution >= 4 is 38.4 Å². The molecule has 6 nitrogen and oxygen atoms in total. The molecule has 4 aromatic carbocycles. The van der Waals surface area contributed by atoms with E-state index >= 15 is 0 Å². The first-order valence-electron chi connectivity index (χ1n) is 14.1. The largest absolute Gasteiger partial charge is 0.497 e. The van der Waals surface area contributed by atoms with Crippen molar-refractivity contribution in [3.05, 3.63) is 109 Å². The number of aliphatic hydroxyl groups is 1. The lowest BCUT2D eigenvalue weighted by molar-refractivity contribution is -0.0444. The molecule has 41 heavy (non-hydrogen) atoms. The van der Waals surface area contributed by atoms with Crippen LogP contribution in [-0.2, 0) is 0 Å². The summed E-state index contributed by atoms with van der Waals surface area (Å²) < 4.78 is 5.35. The number of carboxylic acid groups (broad SMARTS) is 1. The topological polar surface area (TPSA) is 82.9 Å². The molecule has 5 aromatic rings. The first-order chi connectivity index (χ1) is 20.0. The Hall–Kier alpha value is -4.26. The Labute approximate surface area is 239 Å². The van der Waals surface area contributed by atoms with Crippen LogP contribution in [0, 0.1) is 11.8 Å². The van der Waals surface area contributed by atoms with Crippen LogP contribution in [0.25, 0.3) is 32.4 Å². The number of aromatic nitrogens is 1. The minimum atomic E-state index is -0.877. The number of carboxylic acids is 1. The number of nitrogens with zero attached hydrogens (tertiary/aromatic N) is 2. The molecule has 1 aromatic heterocycles. The van der Waals surface area contributed by atoms with Gasteiger partial charge in [0, 0.05) is 24.2 Å². The van der Waals surface area contributed by atoms with E-state index in [0.29, 0.717) is 17.4 Å². The maximum absolute atomic E-state index is 11.4. The Morgan fingerprint density at radius 2 is 1.73 bits per heavy atom. The summed E-state index contributed by atoms with van der Waals surface area (Å²) in [5.74, 6) is 1.13. The lowest BCUT2D eigenvalue weighted by atomic mass is 9.73. The molecule has 0 radical (unpaired) electrons. The van der Waals surface area contributed by atoms with Crippen molar-refractivity contribution in [3.63, 3.8) is 0 Å². The van der Waals surface area contributed by atoms with Crippen LogP contribution >= 0.6 is 0 Å². The predicted octanol–water partition coefficient (Wildman–Crippen LogP) is 6.86. The van der Waals surface area contributed by atoms with E-state index in [1.807, 2.05) is 78.9 Å². The van der Waals surface area contributed by atoms with Crippen molar-refractivity contribution < 1.29 is 19.7 Å². The quantitative estimate of drug-likeness (QED) is 0.185. The first-order valence-corrected chi connectivity index (χ1v) is 14.1. The van der Waals surface area contributed by atoms with Crippen molar-refractivity contribution in [2.75, 3.05) is 20.2 Å². The average Bonchev–Trinajstić information content (AvgIpc) is 3.02. The van der Waals surface area contributed by atoms with E-state index in [4.69, 9.17) is 4.74 Å². The second-order valence-electron chi connectivity index (χ2n) is 11.0. The molecule has 4 heterocycles. The van der Waals surface area contributed by atoms with E-state index in [1.54, 1.807) is 13.3 Å². The molecule has 0 spiro atoms. The van der Waals surface area contributed by atoms with Crippen LogP contribution in [0.15, 0.2) is 97.7 Å². The van der Waals surface area contributed by atoms with E-state index in [0.717, 1.165) is 63.3 Å². The van der Waals surface area contributed by atoms with Gasteiger partial charge in [0.05, 0.1) is 24.3 Å². The molecule has 2 bridgehead atoms. The summed E-state index contributed by atoms with van der Waals surface area (Å²) in [5.41, 5.74) is 2.23. The fourth-order valence-electron chi connectivity index (χ4n) is 6.69. The number of hydrogen-bond acceptors (Lipinski definition) is 5. The fraction of sp³-hybridized carbons (Fsp3) is 0.257. The normalized spacial score (nSPS) is 22.2. The smallest absolute Gasteiger partial charge is 0.336 e. The molecule has 5 atom stereocenters. The molecular weight excluding hydrogens is 512 g/mol. The Kier molecular flexibility index (Phi) is 7.43. The third-order valence-corrected chi connectivity index (χ3v) is 8.80. The minimum Gasteiger partial charge on any atom is -0.497 e. The van der Waals surface area contributed by atoms with Gasteiger partial charge >= 0.3 is 5.97 Å². The SMILES string of the molecule is C=C[C@H]1CN2CC[C@H]1C[C@H]2[C@H](O)c1ccnc2ccc(OC)cc12.O=C(O)c1c2ccccc2cc2ccccc12. The highest BCUT2D eigenvalue weighted by molar-refractivity contribution is 6.15. The minimum absolute atomic E-state index is 0.178. The van der Waals surface area contributed by atoms with Crippen molar-refractivity contribution in [2.45, 2.75) is 25.0 Å². The predicted molar refractivity (Wildman–Crippen MR) is 163 cm³/mol. The zero-order valence-corrected chi connectivity index (χ0v) is 23.1. The van der Waals surface area contributed by atoms with E-state index < -0.39 is 12.1 Å². The van der Waals surface area contributed by atoms with E-state index in [1.165, 1.54) is 6.42 Å². The maximum Gasteiger partial charge on any atom is 0.336 e. The molecule has 2 N–H and O–H groups in total. The molecule has 8 rings (SSSR count). The Bertz CT molecular complexity index is 1700. The van der Waals surface area contributed by atoms with Gasteiger partial charge in [-0.3, -0.25) is 9.88 Å². The molecule has 3 aliphatic heterocycles. The number of fused-ring (bicyclic) bond motifs is 6. The Morgan fingerprint density at radius 1 is 1.02 bits per heavy atom. The molecule has 0 amide bonds. The number of aromatic carboxylic acids is 1. The average molecular weight is 547 g/mol. The monoisotopic (exact) mass is 546 g/mol. The highest BCUT2D eigenvalue weighted by Gasteiger charge is 2.42. The lowest BCUT2D eigenvalue weighted by Crippen LogP contribution is -2.54. The summed E-state index contributed by atoms with van der Waals surface area (Å²) in [7, 11) is 1.66. The first kappa shape index (κ1) is 26.9. The summed E-state index contributed by atoms with van der Waals surface area (Å²) >= 11 is 0. The summed E-state index contributed by atoms with van der Waals surface area (Å²) in [6.45, 7) is 6.07. The summed E-state index contributed by atoms with van der Waals surface area (Å²) in [4.78, 5) is 18.3. The second-order valence-corrected chi connectivity index (χ2v) is 11.0. The molecule has 1 unspecified atom stereocenters. The Morgan fingerprint density at radius 3 is 2.34 bits per heavy atom. The van der Waals surface area contributed by atoms with Crippen LogP contribution in [0.5, 0.6) is 5.75 Å². The van der Waals surface area contributed by atoms with E-state index in [2.05, 4.69) is 22.5 Å². The number of carbonyl (C=O) groups is 1. The molecule has 3 saturated heterocycles. The van der Waals surface area contributed by atoms with Crippen LogP contribution < -0.4 is 4.74 Å². The number of rotatable bonds is 5. The third kappa shape index (κ3) is 5.05. The molecule has 0 aliphatic carbocycles. The summed E-state index contributed by atoms with van der Waals surface area (Å²) in [6, 6.07) is 25.1. The third-order valence-electron chi connectivity index (χ3n) is 8.80. The number of pyridine rings is 1. The van der Waals surface area contributed by atoms with Gasteiger partial charge in [-0.25, -0.2) is 4.79 Å². The number of ether oxygens (including phenoxy) is 1. The maximum atomic E-state index is 11.4. The highest BCUT2D eigenvalue weighted by atomic mass is 16.5. The van der Waals surface area contributed by atoms with Gasteiger partial charge in [-0.05, 0) is 88.7 Å². The Balaban J connectivity index is 0.000000156. The molecule has 3 aliphatic rings. The standard InChI is InChI=1S/C20H24N2O2.C15H10O2/c1-3-13-12-22-9-7-14(13)10-19(22)20(23)16-6-8-21-18-5-4-15(24-2)11-17(16)18;16-15(17)14-12-7-3-1-5-10(12)9-11-6-2-4-8-13(11)14/h3-6,8,11,13-14,19-20,23H,1,7,9-10,12H2,2H3;1-9H,(H,16,17)/t13-,14-,19-,20+;/m0./s1. The van der Waals surface area contributed by atoms with Crippen molar-refractivity contribution in [2.24, 2.45) is 11.8 Å². The van der Waals surface area contributed by atoms with Gasteiger partial charge in [0.1, 0.15) is 5.75 Å². The van der Waals surface area contributed by atoms with Crippen LogP contribution in [0.3, 0.4) is 0 Å². The van der Waals surface area contributed by atoms with Gasteiger partial charge in [-0.15, -0.1) is 6.58 Å². The van der Waals surface area contributed by atoms with Gasteiger partial charge in [-0.2, -0.15) is 0 Å². The van der Waals surface area contributed by atoms with Crippen molar-refractivity contribution in [1.82, 2.24) is 9.88 Å². The van der Waals surface area contributed by atoms with Gasteiger partial charge in [-0.1, -0.05) is 54.6 Å². The van der Waals surface area contributed by atoms with Gasteiger partial charge < -0.3 is 14.9 Å². The van der Waals surface area contributed by atoms with Crippen molar-refractivity contribution in [3.8, 4) is 5.75 Å². The molecule has 6 heteroatoms. The number of piperidine rings is 3. The number of benzene rings is 4. The molecule has 3 fully saturated rings. The number of aliphatic hydroxyl groups excluding tert-OH is 1. The lowest BCUT2D eigenvalue weighted by Gasteiger charge is -2.50. The van der Waals surface area contributed by atoms with E-state index in [-0.39, 0.29) is 6.04 Å². The van der Waals surface area contributed by atoms with Gasteiger partial charge in [0.2, 0.25) is 0 Å². The highest BCUT2D eigenvalue weighted by Crippen LogP contribution is 2.42. The fourth-order valence-corrected chi connectivity index (χ4v) is 6.69. The molecule has 208 valence electrons. The molecular formula is C35H34N2O4. The summed E-state index contributed by atoms with van der Waals surface area (Å²) in [5, 5.41) is 25.0. The van der Waals surface area contributed by atoms with Crippen LogP contribution in [0.1, 0.15) is 34.9 Å². The second kappa shape index (κ2) is 11.3. The zero-order valence-electron chi connectivity index (χ0n) is 23.1. The number of methoxy groups -OCH3 is 1. The van der Waals surface area contributed by atoms with Gasteiger partial charge in [0.15, 0.2) is 0 Å². The van der Waals surface area contributed by atoms with Gasteiger partial charge in [0.25, 0.3) is 0 Å². The van der Waals surface area contributed by atoms with Crippen LogP contribution in [0.4, 0.5) is 0 Å². The van der Waals surface area contributed by atoms with Crippen LogP contribution in [0.2, 0.25) is 0 Å². The summed E-state index contributed by atoms with van der Waals surface area (Å²) in [6.07, 6.45) is 5.62. The number of hydrogen-bond donors (Lipinski definition) is 2.